The first kappa shape index (κ1) is 26.3. The highest BCUT2D eigenvalue weighted by atomic mass is 32.2. The van der Waals surface area contributed by atoms with Crippen LogP contribution in [-0.2, 0) is 16.6 Å². The average molecular weight is 555 g/mol. The van der Waals surface area contributed by atoms with E-state index in [1.807, 2.05) is 24.3 Å². The highest BCUT2D eigenvalue weighted by molar-refractivity contribution is 7.99. The highest BCUT2D eigenvalue weighted by Gasteiger charge is 2.29. The minimum Gasteiger partial charge on any atom is -0.497 e. The van der Waals surface area contributed by atoms with Crippen LogP contribution in [-0.4, -0.2) is 39.1 Å². The number of sulfonamides is 1. The van der Waals surface area contributed by atoms with Crippen LogP contribution in [0, 0.1) is 11.3 Å². The van der Waals surface area contributed by atoms with Crippen LogP contribution in [0.15, 0.2) is 81.7 Å². The predicted octanol–water partition coefficient (Wildman–Crippen LogP) is 4.98. The SMILES string of the molecule is COc1cccc(Sc2ccc(S(=O)(=O)N(Cc3ccc(OC)cc3OC)c3ncns3)cc2C#N)c1. The fourth-order valence-electron chi connectivity index (χ4n) is 3.43. The number of nitrogens with zero attached hydrogens (tertiary/aromatic N) is 4. The van der Waals surface area contributed by atoms with Gasteiger partial charge in [0.15, 0.2) is 0 Å². The third-order valence-corrected chi connectivity index (χ3v) is 8.90. The van der Waals surface area contributed by atoms with Crippen molar-refractivity contribution in [2.75, 3.05) is 25.6 Å². The second kappa shape index (κ2) is 11.5. The quantitative estimate of drug-likeness (QED) is 0.268. The lowest BCUT2D eigenvalue weighted by Gasteiger charge is -2.23. The van der Waals surface area contributed by atoms with Crippen molar-refractivity contribution in [3.8, 4) is 23.3 Å². The summed E-state index contributed by atoms with van der Waals surface area (Å²) in [6, 6.07) is 19.1. The van der Waals surface area contributed by atoms with E-state index in [9.17, 15) is 13.7 Å². The summed E-state index contributed by atoms with van der Waals surface area (Å²) in [5.41, 5.74) is 0.834. The largest absolute Gasteiger partial charge is 0.497 e. The van der Waals surface area contributed by atoms with Gasteiger partial charge in [-0.2, -0.15) is 9.64 Å². The van der Waals surface area contributed by atoms with Crippen LogP contribution in [0.2, 0.25) is 0 Å². The topological polar surface area (TPSA) is 115 Å². The molecule has 0 N–H and O–H groups in total. The van der Waals surface area contributed by atoms with Crippen molar-refractivity contribution in [2.24, 2.45) is 0 Å². The van der Waals surface area contributed by atoms with E-state index >= 15 is 0 Å². The molecule has 37 heavy (non-hydrogen) atoms. The minimum atomic E-state index is -4.12. The normalized spacial score (nSPS) is 11.0. The molecule has 12 heteroatoms. The number of benzene rings is 3. The first-order valence-electron chi connectivity index (χ1n) is 10.8. The van der Waals surface area contributed by atoms with E-state index in [2.05, 4.69) is 15.4 Å². The molecule has 4 rings (SSSR count). The maximum Gasteiger partial charge on any atom is 0.266 e. The first-order valence-corrected chi connectivity index (χ1v) is 13.8. The molecule has 0 bridgehead atoms. The molecule has 0 amide bonds. The molecule has 0 saturated carbocycles. The zero-order valence-corrected chi connectivity index (χ0v) is 22.6. The Morgan fingerprint density at radius 1 is 1.00 bits per heavy atom. The lowest BCUT2D eigenvalue weighted by Crippen LogP contribution is -2.30. The van der Waals surface area contributed by atoms with Gasteiger partial charge in [-0.1, -0.05) is 17.8 Å². The van der Waals surface area contributed by atoms with Gasteiger partial charge in [0.1, 0.15) is 29.6 Å². The van der Waals surface area contributed by atoms with E-state index in [0.29, 0.717) is 27.7 Å². The van der Waals surface area contributed by atoms with E-state index < -0.39 is 10.0 Å². The fraction of sp³-hybridized carbons (Fsp3) is 0.160. The second-order valence-electron chi connectivity index (χ2n) is 7.46. The molecule has 9 nitrogen and oxygen atoms in total. The van der Waals surface area contributed by atoms with Crippen molar-refractivity contribution in [1.82, 2.24) is 9.36 Å². The Balaban J connectivity index is 1.71. The molecule has 0 radical (unpaired) electrons. The van der Waals surface area contributed by atoms with Gasteiger partial charge in [0.2, 0.25) is 5.13 Å². The van der Waals surface area contributed by atoms with Gasteiger partial charge in [0.05, 0.1) is 38.3 Å². The summed E-state index contributed by atoms with van der Waals surface area (Å²) in [5, 5.41) is 10.0. The number of methoxy groups -OCH3 is 3. The molecular weight excluding hydrogens is 532 g/mol. The zero-order valence-electron chi connectivity index (χ0n) is 20.1. The molecule has 0 aliphatic carbocycles. The molecule has 0 aliphatic rings. The van der Waals surface area contributed by atoms with E-state index in [4.69, 9.17) is 14.2 Å². The zero-order chi connectivity index (χ0) is 26.4. The third-order valence-electron chi connectivity index (χ3n) is 5.30. The van der Waals surface area contributed by atoms with E-state index in [-0.39, 0.29) is 22.1 Å². The molecule has 0 unspecified atom stereocenters. The number of anilines is 1. The summed E-state index contributed by atoms with van der Waals surface area (Å²) in [6.45, 7) is -0.0626. The maximum absolute atomic E-state index is 13.8. The van der Waals surface area contributed by atoms with Gasteiger partial charge in [0.25, 0.3) is 10.0 Å². The van der Waals surface area contributed by atoms with E-state index in [1.54, 1.807) is 31.4 Å². The average Bonchev–Trinajstić information content (AvgIpc) is 3.46. The smallest absolute Gasteiger partial charge is 0.266 e. The van der Waals surface area contributed by atoms with Crippen LogP contribution < -0.4 is 18.5 Å². The van der Waals surface area contributed by atoms with Gasteiger partial charge in [-0.05, 0) is 48.5 Å². The first-order chi connectivity index (χ1) is 17.9. The molecule has 0 spiro atoms. The Labute approximate surface area is 223 Å². The molecule has 1 heterocycles. The van der Waals surface area contributed by atoms with E-state index in [1.165, 1.54) is 44.4 Å². The lowest BCUT2D eigenvalue weighted by atomic mass is 10.2. The number of ether oxygens (including phenoxy) is 3. The maximum atomic E-state index is 13.8. The molecule has 190 valence electrons. The monoisotopic (exact) mass is 554 g/mol. The molecule has 0 atom stereocenters. The van der Waals surface area contributed by atoms with Crippen LogP contribution in [0.4, 0.5) is 5.13 Å². The van der Waals surface area contributed by atoms with Gasteiger partial charge >= 0.3 is 0 Å². The minimum absolute atomic E-state index is 0.0401. The fourth-order valence-corrected chi connectivity index (χ4v) is 6.52. The molecule has 1 aromatic heterocycles. The molecule has 4 aromatic rings. The Hall–Kier alpha value is -3.79. The summed E-state index contributed by atoms with van der Waals surface area (Å²) in [5.74, 6) is 1.73. The Bertz CT molecular complexity index is 1540. The van der Waals surface area contributed by atoms with Crippen molar-refractivity contribution < 1.29 is 22.6 Å². The standard InChI is InChI=1S/C25H22N4O5S3/c1-32-19-5-4-6-21(12-19)35-24-10-9-22(11-18(24)14-26)37(30,31)29(25-27-16-28-36-25)15-17-7-8-20(33-2)13-23(17)34-3/h4-13,16H,15H2,1-3H3. The summed E-state index contributed by atoms with van der Waals surface area (Å²) in [7, 11) is 0.494. The molecule has 3 aromatic carbocycles. The van der Waals surface area contributed by atoms with Crippen molar-refractivity contribution in [3.05, 3.63) is 78.1 Å². The Morgan fingerprint density at radius 2 is 1.78 bits per heavy atom. The van der Waals surface area contributed by atoms with Crippen molar-refractivity contribution in [3.63, 3.8) is 0 Å². The van der Waals surface area contributed by atoms with Crippen molar-refractivity contribution >= 4 is 38.4 Å². The van der Waals surface area contributed by atoms with Crippen molar-refractivity contribution in [2.45, 2.75) is 21.2 Å². The van der Waals surface area contributed by atoms with Crippen LogP contribution in [0.5, 0.6) is 17.2 Å². The molecule has 0 fully saturated rings. The van der Waals surface area contributed by atoms with E-state index in [0.717, 1.165) is 20.7 Å². The summed E-state index contributed by atoms with van der Waals surface area (Å²) < 4.78 is 48.8. The number of aromatic nitrogens is 2. The number of hydrogen-bond donors (Lipinski definition) is 0. The summed E-state index contributed by atoms with van der Waals surface area (Å²) >= 11 is 2.30. The van der Waals surface area contributed by atoms with Crippen LogP contribution in [0.1, 0.15) is 11.1 Å². The van der Waals surface area contributed by atoms with Gasteiger partial charge in [-0.15, -0.1) is 0 Å². The third kappa shape index (κ3) is 5.80. The number of hydrogen-bond acceptors (Lipinski definition) is 10. The van der Waals surface area contributed by atoms with Crippen molar-refractivity contribution in [1.29, 1.82) is 5.26 Å². The lowest BCUT2D eigenvalue weighted by molar-refractivity contribution is 0.391. The van der Waals surface area contributed by atoms with Crippen LogP contribution >= 0.6 is 23.3 Å². The van der Waals surface area contributed by atoms with Crippen LogP contribution in [0.3, 0.4) is 0 Å². The predicted molar refractivity (Wildman–Crippen MR) is 141 cm³/mol. The molecule has 0 aliphatic heterocycles. The highest BCUT2D eigenvalue weighted by Crippen LogP contribution is 2.35. The summed E-state index contributed by atoms with van der Waals surface area (Å²) in [6.07, 6.45) is 1.29. The summed E-state index contributed by atoms with van der Waals surface area (Å²) in [4.78, 5) is 5.57. The Morgan fingerprint density at radius 3 is 2.46 bits per heavy atom. The second-order valence-corrected chi connectivity index (χ2v) is 11.2. The van der Waals surface area contributed by atoms with Gasteiger partial charge in [-0.3, -0.25) is 0 Å². The number of nitriles is 1. The van der Waals surface area contributed by atoms with Gasteiger partial charge in [0, 0.05) is 33.0 Å². The van der Waals surface area contributed by atoms with Gasteiger partial charge < -0.3 is 14.2 Å². The van der Waals surface area contributed by atoms with Crippen LogP contribution in [0.25, 0.3) is 0 Å². The molecular formula is C25H22N4O5S3. The Kier molecular flexibility index (Phi) is 8.17. The van der Waals surface area contributed by atoms with Gasteiger partial charge in [-0.25, -0.2) is 17.7 Å². The number of rotatable bonds is 10. The molecule has 0 saturated heterocycles.